The van der Waals surface area contributed by atoms with Crippen molar-refractivity contribution in [3.05, 3.63) is 21.0 Å². The fourth-order valence-corrected chi connectivity index (χ4v) is 1.64. The molecule has 0 saturated carbocycles. The number of aliphatic carboxylic acids is 1. The summed E-state index contributed by atoms with van der Waals surface area (Å²) in [7, 11) is 0. The zero-order valence-corrected chi connectivity index (χ0v) is 10.5. The van der Waals surface area contributed by atoms with Gasteiger partial charge in [0.25, 0.3) is 0 Å². The predicted molar refractivity (Wildman–Crippen MR) is 58.3 cm³/mol. The Balaban J connectivity index is 2.87. The molecule has 15 heavy (non-hydrogen) atoms. The summed E-state index contributed by atoms with van der Waals surface area (Å²) in [5, 5.41) is 11.0. The summed E-state index contributed by atoms with van der Waals surface area (Å²) in [5.74, 6) is -0.638. The Morgan fingerprint density at radius 1 is 1.67 bits per heavy atom. The van der Waals surface area contributed by atoms with Gasteiger partial charge in [0.05, 0.1) is 16.9 Å². The van der Waals surface area contributed by atoms with Crippen LogP contribution in [0.25, 0.3) is 0 Å². The van der Waals surface area contributed by atoms with Crippen molar-refractivity contribution in [2.24, 2.45) is 0 Å². The molecule has 1 heterocycles. The molecule has 2 N–H and O–H groups in total. The first-order valence-corrected chi connectivity index (χ1v) is 5.49. The third kappa shape index (κ3) is 3.35. The van der Waals surface area contributed by atoms with Gasteiger partial charge in [-0.25, -0.2) is 0 Å². The van der Waals surface area contributed by atoms with Gasteiger partial charge in [-0.3, -0.25) is 9.59 Å². The lowest BCUT2D eigenvalue weighted by atomic mass is 10.1. The molecule has 1 rings (SSSR count). The van der Waals surface area contributed by atoms with Gasteiger partial charge in [0.15, 0.2) is 4.67 Å². The van der Waals surface area contributed by atoms with Gasteiger partial charge in [-0.1, -0.05) is 0 Å². The number of carboxylic acid groups (broad SMARTS) is 1. The van der Waals surface area contributed by atoms with Gasteiger partial charge < -0.3 is 14.8 Å². The van der Waals surface area contributed by atoms with Crippen LogP contribution in [-0.2, 0) is 9.59 Å². The second kappa shape index (κ2) is 5.32. The van der Waals surface area contributed by atoms with Crippen LogP contribution in [0.5, 0.6) is 0 Å². The molecule has 1 aromatic heterocycles. The molecule has 0 aromatic carbocycles. The molecule has 0 unspecified atom stereocenters. The predicted octanol–water partition coefficient (Wildman–Crippen LogP) is 2.07. The third-order valence-corrected chi connectivity index (χ3v) is 3.37. The fraction of sp³-hybridized carbons (Fsp3) is 0.250. The van der Waals surface area contributed by atoms with Crippen molar-refractivity contribution in [2.45, 2.75) is 12.5 Å². The van der Waals surface area contributed by atoms with Gasteiger partial charge >= 0.3 is 5.97 Å². The van der Waals surface area contributed by atoms with Gasteiger partial charge in [-0.15, -0.1) is 0 Å². The lowest BCUT2D eigenvalue weighted by molar-refractivity contribution is -0.137. The number of carbonyl (C=O) groups is 2. The first-order chi connectivity index (χ1) is 7.04. The largest absolute Gasteiger partial charge is 0.481 e. The number of halogens is 2. The Kier molecular flexibility index (Phi) is 4.34. The van der Waals surface area contributed by atoms with E-state index in [1.165, 1.54) is 0 Å². The summed E-state index contributed by atoms with van der Waals surface area (Å²) in [6.45, 7) is 0. The number of amides is 1. The molecule has 0 aliphatic heterocycles. The van der Waals surface area contributed by atoms with Crippen LogP contribution in [-0.4, -0.2) is 17.5 Å². The van der Waals surface area contributed by atoms with Crippen LogP contribution in [0.3, 0.4) is 0 Å². The first-order valence-electron chi connectivity index (χ1n) is 3.90. The summed E-state index contributed by atoms with van der Waals surface area (Å²) in [4.78, 5) is 20.8. The number of rotatable bonds is 5. The van der Waals surface area contributed by atoms with Crippen LogP contribution in [0, 0.1) is 0 Å². The SMILES string of the molecule is O=CN[C@H](CC(=O)O)c1cc(Br)c(Br)o1. The van der Waals surface area contributed by atoms with Crippen molar-refractivity contribution in [1.29, 1.82) is 0 Å². The second-order valence-corrected chi connectivity index (χ2v) is 4.28. The second-order valence-electron chi connectivity index (χ2n) is 2.71. The summed E-state index contributed by atoms with van der Waals surface area (Å²) in [6, 6.07) is 0.941. The van der Waals surface area contributed by atoms with Crippen LogP contribution in [0.15, 0.2) is 19.6 Å². The molecule has 0 aliphatic carbocycles. The van der Waals surface area contributed by atoms with Crippen LogP contribution in [0.4, 0.5) is 0 Å². The highest BCUT2D eigenvalue weighted by Gasteiger charge is 2.19. The monoisotopic (exact) mass is 339 g/mol. The number of hydrogen-bond acceptors (Lipinski definition) is 3. The molecular formula is C8H7Br2NO4. The van der Waals surface area contributed by atoms with Gasteiger partial charge in [-0.05, 0) is 37.9 Å². The molecule has 0 bridgehead atoms. The molecule has 0 saturated heterocycles. The highest BCUT2D eigenvalue weighted by Crippen LogP contribution is 2.30. The van der Waals surface area contributed by atoms with Crippen LogP contribution in [0.1, 0.15) is 18.2 Å². The zero-order chi connectivity index (χ0) is 11.4. The Bertz CT molecular complexity index is 357. The molecule has 5 nitrogen and oxygen atoms in total. The van der Waals surface area contributed by atoms with Gasteiger partial charge in [0, 0.05) is 0 Å². The lowest BCUT2D eigenvalue weighted by Gasteiger charge is -2.09. The Hall–Kier alpha value is -0.820. The van der Waals surface area contributed by atoms with E-state index in [9.17, 15) is 9.59 Å². The van der Waals surface area contributed by atoms with E-state index in [2.05, 4.69) is 37.2 Å². The molecule has 0 aliphatic rings. The molecule has 7 heteroatoms. The van der Waals surface area contributed by atoms with E-state index in [4.69, 9.17) is 9.52 Å². The summed E-state index contributed by atoms with van der Waals surface area (Å²) < 4.78 is 6.34. The first kappa shape index (κ1) is 12.3. The Morgan fingerprint density at radius 2 is 2.33 bits per heavy atom. The average molecular weight is 341 g/mol. The maximum absolute atomic E-state index is 10.5. The van der Waals surface area contributed by atoms with Crippen molar-refractivity contribution in [3.8, 4) is 0 Å². The smallest absolute Gasteiger partial charge is 0.305 e. The Morgan fingerprint density at radius 3 is 2.73 bits per heavy atom. The molecular weight excluding hydrogens is 334 g/mol. The van der Waals surface area contributed by atoms with E-state index in [-0.39, 0.29) is 6.42 Å². The van der Waals surface area contributed by atoms with Gasteiger partial charge in [0.1, 0.15) is 5.76 Å². The molecule has 0 fully saturated rings. The van der Waals surface area contributed by atoms with Gasteiger partial charge in [-0.2, -0.15) is 0 Å². The number of carboxylic acids is 1. The molecule has 1 amide bonds. The lowest BCUT2D eigenvalue weighted by Crippen LogP contribution is -2.21. The van der Waals surface area contributed by atoms with E-state index < -0.39 is 12.0 Å². The van der Waals surface area contributed by atoms with E-state index in [1.54, 1.807) is 6.07 Å². The minimum absolute atomic E-state index is 0.231. The van der Waals surface area contributed by atoms with E-state index >= 15 is 0 Å². The minimum atomic E-state index is -1.02. The maximum Gasteiger partial charge on any atom is 0.305 e. The van der Waals surface area contributed by atoms with Crippen molar-refractivity contribution in [3.63, 3.8) is 0 Å². The highest BCUT2D eigenvalue weighted by atomic mass is 79.9. The van der Waals surface area contributed by atoms with Crippen molar-refractivity contribution >= 4 is 44.2 Å². The van der Waals surface area contributed by atoms with Crippen molar-refractivity contribution in [2.75, 3.05) is 0 Å². The van der Waals surface area contributed by atoms with E-state index in [0.717, 1.165) is 0 Å². The normalized spacial score (nSPS) is 12.1. The zero-order valence-electron chi connectivity index (χ0n) is 7.37. The average Bonchev–Trinajstić information content (AvgIpc) is 2.46. The number of hydrogen-bond donors (Lipinski definition) is 2. The third-order valence-electron chi connectivity index (χ3n) is 1.66. The summed E-state index contributed by atoms with van der Waals surface area (Å²) >= 11 is 6.32. The topological polar surface area (TPSA) is 79.5 Å². The van der Waals surface area contributed by atoms with E-state index in [1.807, 2.05) is 0 Å². The molecule has 1 aromatic rings. The van der Waals surface area contributed by atoms with Crippen LogP contribution >= 0.6 is 31.9 Å². The number of furan rings is 1. The number of carbonyl (C=O) groups excluding carboxylic acids is 1. The molecule has 0 spiro atoms. The van der Waals surface area contributed by atoms with Crippen LogP contribution < -0.4 is 5.32 Å². The van der Waals surface area contributed by atoms with Crippen molar-refractivity contribution in [1.82, 2.24) is 5.32 Å². The van der Waals surface area contributed by atoms with Gasteiger partial charge in [0.2, 0.25) is 6.41 Å². The fourth-order valence-electron chi connectivity index (χ4n) is 1.03. The summed E-state index contributed by atoms with van der Waals surface area (Å²) in [6.07, 6.45) is 0.211. The molecule has 1 atom stereocenters. The highest BCUT2D eigenvalue weighted by molar-refractivity contribution is 9.13. The minimum Gasteiger partial charge on any atom is -0.481 e. The maximum atomic E-state index is 10.5. The Labute approximate surface area is 102 Å². The van der Waals surface area contributed by atoms with E-state index in [0.29, 0.717) is 21.3 Å². The summed E-state index contributed by atoms with van der Waals surface area (Å²) in [5.41, 5.74) is 0. The standard InChI is InChI=1S/C8H7Br2NO4/c9-4-1-6(15-8(4)10)5(11-3-12)2-7(13)14/h1,3,5H,2H2,(H,11,12)(H,13,14)/t5-/m1/s1. The number of nitrogens with one attached hydrogen (secondary N) is 1. The van der Waals surface area contributed by atoms with Crippen molar-refractivity contribution < 1.29 is 19.1 Å². The molecule has 0 radical (unpaired) electrons. The van der Waals surface area contributed by atoms with Crippen LogP contribution in [0.2, 0.25) is 0 Å². The molecule has 82 valence electrons. The quantitative estimate of drug-likeness (QED) is 0.804.